The van der Waals surface area contributed by atoms with Crippen molar-refractivity contribution in [2.45, 2.75) is 13.0 Å². The number of halogens is 1. The molecule has 170 valence electrons. The van der Waals surface area contributed by atoms with Gasteiger partial charge in [-0.3, -0.25) is 9.78 Å². The van der Waals surface area contributed by atoms with Crippen LogP contribution in [0.2, 0.25) is 0 Å². The third kappa shape index (κ3) is 3.88. The Morgan fingerprint density at radius 1 is 1.12 bits per heavy atom. The highest BCUT2D eigenvalue weighted by Crippen LogP contribution is 2.37. The first kappa shape index (κ1) is 21.3. The molecule has 0 saturated carbocycles. The zero-order valence-electron chi connectivity index (χ0n) is 18.5. The van der Waals surface area contributed by atoms with Gasteiger partial charge in [-0.25, -0.2) is 9.07 Å². The number of ether oxygens (including phenoxy) is 1. The molecule has 1 amide bonds. The van der Waals surface area contributed by atoms with Crippen molar-refractivity contribution in [2.24, 2.45) is 0 Å². The molecule has 0 saturated heterocycles. The fourth-order valence-corrected chi connectivity index (χ4v) is 3.95. The predicted molar refractivity (Wildman–Crippen MR) is 126 cm³/mol. The van der Waals surface area contributed by atoms with Crippen LogP contribution in [0.3, 0.4) is 0 Å². The molecule has 34 heavy (non-hydrogen) atoms. The summed E-state index contributed by atoms with van der Waals surface area (Å²) in [6.07, 6.45) is 3.37. The SMILES string of the molecule is COc1ccccc1NC(=O)C1=C(C)Nc2nc(-c3ccc(F)cc3)nn2[C@H]1c1cccnc1. The van der Waals surface area contributed by atoms with E-state index in [9.17, 15) is 9.18 Å². The summed E-state index contributed by atoms with van der Waals surface area (Å²) in [5.74, 6) is 0.783. The summed E-state index contributed by atoms with van der Waals surface area (Å²) in [4.78, 5) is 22.4. The zero-order chi connectivity index (χ0) is 23.7. The summed E-state index contributed by atoms with van der Waals surface area (Å²) < 4.78 is 20.4. The van der Waals surface area contributed by atoms with Crippen molar-refractivity contribution >= 4 is 17.5 Å². The first-order valence-corrected chi connectivity index (χ1v) is 10.6. The van der Waals surface area contributed by atoms with Gasteiger partial charge in [-0.1, -0.05) is 18.2 Å². The third-order valence-corrected chi connectivity index (χ3v) is 5.55. The minimum absolute atomic E-state index is 0.312. The van der Waals surface area contributed by atoms with Gasteiger partial charge in [0.05, 0.1) is 18.4 Å². The second-order valence-electron chi connectivity index (χ2n) is 7.72. The molecular weight excluding hydrogens is 435 g/mol. The first-order valence-electron chi connectivity index (χ1n) is 10.6. The number of benzene rings is 2. The number of hydrogen-bond acceptors (Lipinski definition) is 6. The predicted octanol–water partition coefficient (Wildman–Crippen LogP) is 4.42. The molecule has 1 aliphatic rings. The Bertz CT molecular complexity index is 1380. The van der Waals surface area contributed by atoms with Crippen LogP contribution in [0.15, 0.2) is 84.3 Å². The van der Waals surface area contributed by atoms with Crippen molar-refractivity contribution in [3.63, 3.8) is 0 Å². The van der Waals surface area contributed by atoms with E-state index in [0.29, 0.717) is 40.0 Å². The highest BCUT2D eigenvalue weighted by atomic mass is 19.1. The molecule has 5 rings (SSSR count). The molecule has 8 nitrogen and oxygen atoms in total. The van der Waals surface area contributed by atoms with Crippen LogP contribution in [-0.4, -0.2) is 32.8 Å². The minimum Gasteiger partial charge on any atom is -0.495 e. The van der Waals surface area contributed by atoms with Crippen LogP contribution in [0.1, 0.15) is 18.5 Å². The van der Waals surface area contributed by atoms with Crippen LogP contribution in [0, 0.1) is 5.82 Å². The lowest BCUT2D eigenvalue weighted by atomic mass is 9.96. The van der Waals surface area contributed by atoms with E-state index in [0.717, 1.165) is 5.56 Å². The average Bonchev–Trinajstić information content (AvgIpc) is 3.28. The number of carbonyl (C=O) groups is 1. The Morgan fingerprint density at radius 2 is 1.91 bits per heavy atom. The van der Waals surface area contributed by atoms with E-state index in [1.807, 2.05) is 25.1 Å². The van der Waals surface area contributed by atoms with E-state index in [1.54, 1.807) is 54.5 Å². The number of para-hydroxylation sites is 2. The van der Waals surface area contributed by atoms with Crippen LogP contribution in [0.25, 0.3) is 11.4 Å². The second-order valence-corrected chi connectivity index (χ2v) is 7.72. The number of allylic oxidation sites excluding steroid dienone is 1. The number of nitrogens with one attached hydrogen (secondary N) is 2. The van der Waals surface area contributed by atoms with E-state index in [2.05, 4.69) is 25.7 Å². The van der Waals surface area contributed by atoms with Crippen LogP contribution in [0.4, 0.5) is 16.0 Å². The number of fused-ring (bicyclic) bond motifs is 1. The second kappa shape index (κ2) is 8.78. The summed E-state index contributed by atoms with van der Waals surface area (Å²) in [5.41, 5.74) is 3.07. The molecule has 4 aromatic rings. The lowest BCUT2D eigenvalue weighted by Gasteiger charge is -2.28. The summed E-state index contributed by atoms with van der Waals surface area (Å²) >= 11 is 0. The summed E-state index contributed by atoms with van der Waals surface area (Å²) in [6, 6.07) is 16.3. The summed E-state index contributed by atoms with van der Waals surface area (Å²) in [5, 5.41) is 10.8. The van der Waals surface area contributed by atoms with Gasteiger partial charge < -0.3 is 15.4 Å². The van der Waals surface area contributed by atoms with Gasteiger partial charge in [-0.2, -0.15) is 4.98 Å². The van der Waals surface area contributed by atoms with E-state index >= 15 is 0 Å². The molecule has 0 spiro atoms. The lowest BCUT2D eigenvalue weighted by molar-refractivity contribution is -0.113. The molecule has 2 aromatic heterocycles. The molecule has 9 heteroatoms. The van der Waals surface area contributed by atoms with Gasteiger partial charge in [-0.15, -0.1) is 5.10 Å². The largest absolute Gasteiger partial charge is 0.495 e. The number of anilines is 2. The fourth-order valence-electron chi connectivity index (χ4n) is 3.95. The van der Waals surface area contributed by atoms with E-state index < -0.39 is 6.04 Å². The molecule has 0 bridgehead atoms. The number of rotatable bonds is 5. The van der Waals surface area contributed by atoms with Crippen molar-refractivity contribution < 1.29 is 13.9 Å². The molecular formula is C25H21FN6O2. The Kier molecular flexibility index (Phi) is 5.51. The van der Waals surface area contributed by atoms with Gasteiger partial charge in [-0.05, 0) is 55.0 Å². The smallest absolute Gasteiger partial charge is 0.255 e. The van der Waals surface area contributed by atoms with Crippen LogP contribution < -0.4 is 15.4 Å². The Labute approximate surface area is 195 Å². The molecule has 0 aliphatic carbocycles. The number of nitrogens with zero attached hydrogens (tertiary/aromatic N) is 4. The van der Waals surface area contributed by atoms with Gasteiger partial charge in [0.25, 0.3) is 5.91 Å². The fraction of sp³-hybridized carbons (Fsp3) is 0.120. The third-order valence-electron chi connectivity index (χ3n) is 5.55. The van der Waals surface area contributed by atoms with Gasteiger partial charge >= 0.3 is 0 Å². The lowest BCUT2D eigenvalue weighted by Crippen LogP contribution is -2.31. The molecule has 3 heterocycles. The number of pyridine rings is 1. The summed E-state index contributed by atoms with van der Waals surface area (Å²) in [6.45, 7) is 1.82. The number of hydrogen-bond donors (Lipinski definition) is 2. The maximum absolute atomic E-state index is 13.6. The van der Waals surface area contributed by atoms with Gasteiger partial charge in [0.15, 0.2) is 5.82 Å². The molecule has 1 atom stereocenters. The van der Waals surface area contributed by atoms with Crippen molar-refractivity contribution in [1.82, 2.24) is 19.7 Å². The topological polar surface area (TPSA) is 94.0 Å². The summed E-state index contributed by atoms with van der Waals surface area (Å²) in [7, 11) is 1.55. The molecule has 2 aromatic carbocycles. The van der Waals surface area contributed by atoms with Crippen molar-refractivity contribution in [3.8, 4) is 17.1 Å². The van der Waals surface area contributed by atoms with Crippen LogP contribution in [0.5, 0.6) is 5.75 Å². The maximum Gasteiger partial charge on any atom is 0.255 e. The number of amides is 1. The van der Waals surface area contributed by atoms with Crippen LogP contribution >= 0.6 is 0 Å². The minimum atomic E-state index is -0.582. The van der Waals surface area contributed by atoms with Crippen molar-refractivity contribution in [1.29, 1.82) is 0 Å². The van der Waals surface area contributed by atoms with Crippen molar-refractivity contribution in [3.05, 3.63) is 95.7 Å². The van der Waals surface area contributed by atoms with Crippen LogP contribution in [-0.2, 0) is 4.79 Å². The Morgan fingerprint density at radius 3 is 2.65 bits per heavy atom. The zero-order valence-corrected chi connectivity index (χ0v) is 18.5. The number of aromatic nitrogens is 4. The number of methoxy groups -OCH3 is 1. The molecule has 0 unspecified atom stereocenters. The number of carbonyl (C=O) groups excluding carboxylic acids is 1. The Balaban J connectivity index is 1.58. The molecule has 2 N–H and O–H groups in total. The monoisotopic (exact) mass is 456 g/mol. The molecule has 1 aliphatic heterocycles. The van der Waals surface area contributed by atoms with Gasteiger partial charge in [0.1, 0.15) is 17.6 Å². The first-order chi connectivity index (χ1) is 16.5. The highest BCUT2D eigenvalue weighted by molar-refractivity contribution is 6.06. The van der Waals surface area contributed by atoms with E-state index in [-0.39, 0.29) is 11.7 Å². The Hall–Kier alpha value is -4.53. The quantitative estimate of drug-likeness (QED) is 0.462. The van der Waals surface area contributed by atoms with E-state index in [4.69, 9.17) is 4.74 Å². The average molecular weight is 456 g/mol. The molecule has 0 radical (unpaired) electrons. The molecule has 0 fully saturated rings. The maximum atomic E-state index is 13.6. The highest BCUT2D eigenvalue weighted by Gasteiger charge is 2.34. The standard InChI is InChI=1S/C25H21FN6O2/c1-15-21(24(33)29-19-7-3-4-8-20(19)34-2)22(17-6-5-13-27-14-17)32-25(28-15)30-23(31-32)16-9-11-18(26)12-10-16/h3-14,22H,1-2H3,(H,29,33)(H,28,30,31)/t22-/m0/s1. The van der Waals surface area contributed by atoms with Crippen molar-refractivity contribution in [2.75, 3.05) is 17.7 Å². The van der Waals surface area contributed by atoms with E-state index in [1.165, 1.54) is 12.1 Å². The normalized spacial score (nSPS) is 14.9. The van der Waals surface area contributed by atoms with Gasteiger partial charge in [0.2, 0.25) is 5.95 Å². The van der Waals surface area contributed by atoms with Gasteiger partial charge in [0, 0.05) is 23.7 Å².